The Morgan fingerprint density at radius 3 is 1.53 bits per heavy atom. The summed E-state index contributed by atoms with van der Waals surface area (Å²) in [6.45, 7) is 2.45. The average molecular weight is 994 g/mol. The molecule has 2 aliphatic heterocycles. The van der Waals surface area contributed by atoms with Crippen molar-refractivity contribution >= 4 is 36.4 Å². The molecule has 0 atom stereocenters. The first-order chi connectivity index (χ1) is 30.5. The number of anilines is 1. The summed E-state index contributed by atoms with van der Waals surface area (Å²) in [6.07, 6.45) is 6.74. The first kappa shape index (κ1) is 58.6. The Labute approximate surface area is 477 Å². The standard InChI is InChI=1S/C22H19FN4O2.C19H13ClFN3O.C3H7NO.CH2O3.ClH.2K.H/c1-29-19-6-5-17(21(23)20(19)16-4-2-3-14(7-16)9-24)8-15-10-25-22(26-11-15)27-12-18(28)13-27;1-25-16-6-5-15(8-13-10-23-19(20)24-11-13)18(21)17(16)14-4-2-3-12(7-14)9-22;5-3-1-4-2-3;2-1-4-3;;;;/h2-7,10-11,18,28H,8,12-13H2,1H3;2-7,10-11H,8H2,1H3;3-5H,1-2H2;1,3H;1H;;;/q;;;;;2*+1;-1/p-1. The summed E-state index contributed by atoms with van der Waals surface area (Å²) in [5.41, 5.74) is 5.21. The average Bonchev–Trinajstić information content (AvgIpc) is 3.29. The minimum atomic E-state index is -0.399. The van der Waals surface area contributed by atoms with Crippen molar-refractivity contribution in [3.05, 3.63) is 148 Å². The van der Waals surface area contributed by atoms with Crippen molar-refractivity contribution in [1.29, 1.82) is 10.5 Å². The van der Waals surface area contributed by atoms with Crippen LogP contribution in [-0.4, -0.2) is 89.2 Å². The Morgan fingerprint density at radius 2 is 1.20 bits per heavy atom. The van der Waals surface area contributed by atoms with Crippen LogP contribution in [0.4, 0.5) is 14.7 Å². The number of ether oxygens (including phenoxy) is 2. The summed E-state index contributed by atoms with van der Waals surface area (Å²) >= 11 is 5.68. The fourth-order valence-corrected chi connectivity index (χ4v) is 6.31. The van der Waals surface area contributed by atoms with Gasteiger partial charge in [-0.05, 0) is 81.4 Å². The van der Waals surface area contributed by atoms with Crippen LogP contribution >= 0.6 is 24.0 Å². The van der Waals surface area contributed by atoms with Gasteiger partial charge in [-0.3, -0.25) is 4.79 Å². The van der Waals surface area contributed by atoms with E-state index < -0.39 is 11.6 Å². The van der Waals surface area contributed by atoms with Gasteiger partial charge in [-0.1, -0.05) is 36.4 Å². The van der Waals surface area contributed by atoms with E-state index in [0.717, 1.165) is 24.2 Å². The van der Waals surface area contributed by atoms with E-state index in [9.17, 15) is 5.11 Å². The Morgan fingerprint density at radius 1 is 0.788 bits per heavy atom. The Bertz CT molecular complexity index is 2580. The fourth-order valence-electron chi connectivity index (χ4n) is 6.21. The van der Waals surface area contributed by atoms with Crippen molar-refractivity contribution in [3.8, 4) is 45.9 Å². The molecule has 0 saturated carbocycles. The Kier molecular flexibility index (Phi) is 26.7. The number of carbonyl (C=O) groups excluding carboxylic acids is 1. The molecule has 8 rings (SSSR count). The van der Waals surface area contributed by atoms with E-state index in [1.807, 2.05) is 4.90 Å². The van der Waals surface area contributed by atoms with Crippen LogP contribution in [0.2, 0.25) is 5.28 Å². The Hall–Kier alpha value is -3.56. The molecule has 0 unspecified atom stereocenters. The number of methoxy groups -OCH3 is 2. The van der Waals surface area contributed by atoms with Crippen LogP contribution in [0.25, 0.3) is 22.3 Å². The third-order valence-electron chi connectivity index (χ3n) is 9.47. The van der Waals surface area contributed by atoms with Crippen molar-refractivity contribution in [3.63, 3.8) is 0 Å². The van der Waals surface area contributed by atoms with Gasteiger partial charge in [0.25, 0.3) is 6.47 Å². The van der Waals surface area contributed by atoms with E-state index in [1.54, 1.807) is 97.6 Å². The van der Waals surface area contributed by atoms with Crippen molar-refractivity contribution in [2.45, 2.75) is 25.0 Å². The summed E-state index contributed by atoms with van der Waals surface area (Å²) in [5, 5.41) is 47.5. The molecule has 0 radical (unpaired) electrons. The Balaban J connectivity index is 0.000000540. The number of nitrogens with zero attached hydrogens (tertiary/aromatic N) is 7. The zero-order chi connectivity index (χ0) is 45.3. The molecule has 0 spiro atoms. The number of hydrogen-bond acceptors (Lipinski definition) is 15. The summed E-state index contributed by atoms with van der Waals surface area (Å²) in [4.78, 5) is 29.6. The molecule has 66 heavy (non-hydrogen) atoms. The van der Waals surface area contributed by atoms with E-state index in [2.05, 4.69) is 42.3 Å². The molecule has 0 aliphatic carbocycles. The molecule has 0 amide bonds. The van der Waals surface area contributed by atoms with Gasteiger partial charge in [0.15, 0.2) is 0 Å². The van der Waals surface area contributed by atoms with E-state index in [1.165, 1.54) is 14.2 Å². The van der Waals surface area contributed by atoms with E-state index >= 15 is 8.78 Å². The molecule has 0 bridgehead atoms. The van der Waals surface area contributed by atoms with Crippen LogP contribution in [0.1, 0.15) is 34.8 Å². The summed E-state index contributed by atoms with van der Waals surface area (Å²) < 4.78 is 41.2. The summed E-state index contributed by atoms with van der Waals surface area (Å²) in [6, 6.07) is 24.5. The zero-order valence-electron chi connectivity index (χ0n) is 37.3. The maximum Gasteiger partial charge on any atom is 1.00 e. The van der Waals surface area contributed by atoms with Crippen LogP contribution < -0.4 is 128 Å². The van der Waals surface area contributed by atoms with Gasteiger partial charge in [-0.2, -0.15) is 10.5 Å². The number of benzene rings is 4. The SMILES string of the molecule is COc1ccc(Cc2cnc(Cl)nc2)c(F)c1-c1cccc(C#N)c1.COc1ccc(Cc2cnc(N3CC(O)C3)nc2)c(F)c1-c1cccc(C#N)c1.Cl.O=CO[O-].OC1CNC1.[H-].[K+].[K+]. The molecular formula is C45H42Cl2F2K2N8O7. The van der Waals surface area contributed by atoms with Gasteiger partial charge in [0.05, 0.1) is 60.8 Å². The van der Waals surface area contributed by atoms with E-state index in [-0.39, 0.29) is 141 Å². The number of nitrogens with one attached hydrogen (secondary N) is 1. The molecule has 3 N–H and O–H groups in total. The molecule has 4 heterocycles. The second-order valence-electron chi connectivity index (χ2n) is 13.8. The molecule has 2 saturated heterocycles. The monoisotopic (exact) mass is 992 g/mol. The zero-order valence-corrected chi connectivity index (χ0v) is 44.1. The molecule has 2 aromatic heterocycles. The van der Waals surface area contributed by atoms with Gasteiger partial charge in [0, 0.05) is 63.8 Å². The topological polar surface area (TPSA) is 223 Å². The van der Waals surface area contributed by atoms with Gasteiger partial charge < -0.3 is 41.5 Å². The van der Waals surface area contributed by atoms with Crippen molar-refractivity contribution in [2.24, 2.45) is 0 Å². The molecule has 21 heteroatoms. The van der Waals surface area contributed by atoms with Gasteiger partial charge in [-0.15, -0.1) is 12.4 Å². The number of rotatable bonds is 10. The van der Waals surface area contributed by atoms with Crippen molar-refractivity contribution in [1.82, 2.24) is 25.3 Å². The normalized spacial score (nSPS) is 12.2. The number of aromatic nitrogens is 4. The molecule has 6 aromatic rings. The minimum Gasteiger partial charge on any atom is -1.00 e. The molecule has 4 aromatic carbocycles. The number of aliphatic hydroxyl groups is 2. The molecule has 15 nitrogen and oxygen atoms in total. The van der Waals surface area contributed by atoms with Gasteiger partial charge in [0.2, 0.25) is 11.2 Å². The van der Waals surface area contributed by atoms with Crippen LogP contribution in [0.3, 0.4) is 0 Å². The third-order valence-corrected chi connectivity index (χ3v) is 9.66. The maximum atomic E-state index is 15.4. The quantitative estimate of drug-likeness (QED) is 0.0507. The van der Waals surface area contributed by atoms with Crippen LogP contribution in [0.5, 0.6) is 11.5 Å². The molecule has 2 fully saturated rings. The molecule has 334 valence electrons. The number of hydrogen-bond donors (Lipinski definition) is 3. The second kappa shape index (κ2) is 30.0. The van der Waals surface area contributed by atoms with Crippen LogP contribution in [0.15, 0.2) is 97.6 Å². The fraction of sp³-hybridized carbons (Fsp3) is 0.222. The number of β-amino-alcohol motifs (C(OH)–C–C–N with tert-alkyl or cyclic N) is 2. The first-order valence-corrected chi connectivity index (χ1v) is 19.4. The van der Waals surface area contributed by atoms with E-state index in [0.29, 0.717) is 87.9 Å². The summed E-state index contributed by atoms with van der Waals surface area (Å²) in [5.74, 6) is 0.579. The number of nitriles is 2. The number of carbonyl (C=O) groups is 1. The minimum absolute atomic E-state index is 0. The predicted molar refractivity (Wildman–Crippen MR) is 233 cm³/mol. The van der Waals surface area contributed by atoms with Crippen molar-refractivity contribution < 1.29 is 148 Å². The third kappa shape index (κ3) is 16.6. The van der Waals surface area contributed by atoms with Crippen LogP contribution in [0, 0.1) is 34.3 Å². The van der Waals surface area contributed by atoms with Gasteiger partial charge in [-0.25, -0.2) is 28.7 Å². The predicted octanol–water partition coefficient (Wildman–Crippen LogP) is -0.731. The number of aliphatic hydroxyl groups excluding tert-OH is 2. The van der Waals surface area contributed by atoms with E-state index in [4.69, 9.17) is 46.8 Å². The smallest absolute Gasteiger partial charge is 1.00 e. The van der Waals surface area contributed by atoms with Gasteiger partial charge in [0.1, 0.15) is 23.1 Å². The molecular weight excluding hydrogens is 952 g/mol. The maximum absolute atomic E-state index is 15.4. The van der Waals surface area contributed by atoms with Gasteiger partial charge >= 0.3 is 103 Å². The second-order valence-corrected chi connectivity index (χ2v) is 14.1. The summed E-state index contributed by atoms with van der Waals surface area (Å²) in [7, 11) is 2.98. The first-order valence-electron chi connectivity index (χ1n) is 19.0. The van der Waals surface area contributed by atoms with Crippen LogP contribution in [-0.2, 0) is 22.5 Å². The largest absolute Gasteiger partial charge is 1.00 e. The molecule has 2 aliphatic rings. The van der Waals surface area contributed by atoms with Crippen molar-refractivity contribution in [2.75, 3.05) is 45.3 Å². The number of halogens is 4.